The van der Waals surface area contributed by atoms with Crippen molar-refractivity contribution >= 4 is 26.8 Å². The molecule has 0 aliphatic heterocycles. The lowest BCUT2D eigenvalue weighted by Gasteiger charge is -2.07. The van der Waals surface area contributed by atoms with E-state index >= 15 is 0 Å². The molecule has 2 aromatic carbocycles. The first-order valence-corrected chi connectivity index (χ1v) is 6.89. The van der Waals surface area contributed by atoms with Crippen molar-refractivity contribution < 1.29 is 4.39 Å². The Morgan fingerprint density at radius 3 is 2.80 bits per heavy atom. The third-order valence-electron chi connectivity index (χ3n) is 3.25. The zero-order valence-corrected chi connectivity index (χ0v) is 12.1. The number of aromatic nitrogens is 1. The van der Waals surface area contributed by atoms with E-state index in [0.717, 1.165) is 15.4 Å². The van der Waals surface area contributed by atoms with Crippen LogP contribution in [0.5, 0.6) is 0 Å². The van der Waals surface area contributed by atoms with Crippen LogP contribution in [-0.4, -0.2) is 4.57 Å². The van der Waals surface area contributed by atoms with Crippen LogP contribution in [0.4, 0.5) is 4.39 Å². The second kappa shape index (κ2) is 5.10. The van der Waals surface area contributed by atoms with Gasteiger partial charge in [-0.05, 0) is 41.8 Å². The summed E-state index contributed by atoms with van der Waals surface area (Å²) in [5.74, 6) is -0.291. The lowest BCUT2D eigenvalue weighted by molar-refractivity contribution is 0.602. The summed E-state index contributed by atoms with van der Waals surface area (Å²) in [4.78, 5) is 0. The zero-order valence-electron chi connectivity index (χ0n) is 10.5. The van der Waals surface area contributed by atoms with E-state index < -0.39 is 0 Å². The lowest BCUT2D eigenvalue weighted by Crippen LogP contribution is -2.01. The molecule has 0 fully saturated rings. The molecule has 0 radical (unpaired) electrons. The number of hydrogen-bond donors (Lipinski definition) is 0. The third-order valence-corrected chi connectivity index (χ3v) is 3.74. The second-order valence-electron chi connectivity index (χ2n) is 4.56. The molecule has 4 heteroatoms. The molecule has 3 rings (SSSR count). The minimum Gasteiger partial charge on any atom is -0.343 e. The van der Waals surface area contributed by atoms with E-state index in [1.807, 2.05) is 41.1 Å². The van der Waals surface area contributed by atoms with Crippen LogP contribution in [-0.2, 0) is 6.54 Å². The van der Waals surface area contributed by atoms with Crippen molar-refractivity contribution in [2.75, 3.05) is 0 Å². The van der Waals surface area contributed by atoms with Crippen molar-refractivity contribution in [3.05, 3.63) is 70.1 Å². The number of halogens is 2. The Bertz CT molecular complexity index is 830. The van der Waals surface area contributed by atoms with E-state index in [0.29, 0.717) is 17.7 Å². The monoisotopic (exact) mass is 328 g/mol. The molecule has 0 aliphatic rings. The number of benzene rings is 2. The molecule has 0 bridgehead atoms. The molecular formula is C16H10BrFN2. The van der Waals surface area contributed by atoms with Crippen LogP contribution in [0, 0.1) is 17.1 Å². The molecule has 3 aromatic rings. The first-order chi connectivity index (χ1) is 9.67. The van der Waals surface area contributed by atoms with Gasteiger partial charge in [0, 0.05) is 21.7 Å². The molecule has 0 unspecified atom stereocenters. The summed E-state index contributed by atoms with van der Waals surface area (Å²) in [6.07, 6.45) is 1.93. The standard InChI is InChI=1S/C16H10BrFN2/c17-14-3-2-12-5-6-20(16(12)8-14)10-13-7-11(9-19)1-4-15(13)18/h1-8H,10H2. The van der Waals surface area contributed by atoms with Gasteiger partial charge < -0.3 is 4.57 Å². The lowest BCUT2D eigenvalue weighted by atomic mass is 10.1. The highest BCUT2D eigenvalue weighted by Gasteiger charge is 2.07. The maximum absolute atomic E-state index is 13.8. The van der Waals surface area contributed by atoms with Gasteiger partial charge >= 0.3 is 0 Å². The fourth-order valence-electron chi connectivity index (χ4n) is 2.24. The van der Waals surface area contributed by atoms with Crippen molar-refractivity contribution in [2.45, 2.75) is 6.54 Å². The molecule has 98 valence electrons. The average Bonchev–Trinajstić information content (AvgIpc) is 2.84. The third kappa shape index (κ3) is 2.33. The molecule has 0 aliphatic carbocycles. The summed E-state index contributed by atoms with van der Waals surface area (Å²) in [7, 11) is 0. The van der Waals surface area contributed by atoms with Gasteiger partial charge in [0.25, 0.3) is 0 Å². The van der Waals surface area contributed by atoms with E-state index in [9.17, 15) is 4.39 Å². The molecule has 1 aromatic heterocycles. The van der Waals surface area contributed by atoms with Gasteiger partial charge in [-0.15, -0.1) is 0 Å². The van der Waals surface area contributed by atoms with Crippen LogP contribution >= 0.6 is 15.9 Å². The summed E-state index contributed by atoms with van der Waals surface area (Å²) < 4.78 is 16.8. The van der Waals surface area contributed by atoms with Crippen LogP contribution in [0.15, 0.2) is 53.1 Å². The maximum atomic E-state index is 13.8. The minimum atomic E-state index is -0.291. The van der Waals surface area contributed by atoms with Gasteiger partial charge in [-0.2, -0.15) is 5.26 Å². The van der Waals surface area contributed by atoms with Crippen LogP contribution in [0.2, 0.25) is 0 Å². The van der Waals surface area contributed by atoms with Crippen LogP contribution in [0.3, 0.4) is 0 Å². The van der Waals surface area contributed by atoms with Gasteiger partial charge in [-0.1, -0.05) is 22.0 Å². The normalized spacial score (nSPS) is 10.7. The fraction of sp³-hybridized carbons (Fsp3) is 0.0625. The topological polar surface area (TPSA) is 28.7 Å². The van der Waals surface area contributed by atoms with Crippen LogP contribution in [0.1, 0.15) is 11.1 Å². The Hall–Kier alpha value is -2.12. The fourth-order valence-corrected chi connectivity index (χ4v) is 2.59. The van der Waals surface area contributed by atoms with Crippen molar-refractivity contribution in [1.29, 1.82) is 5.26 Å². The number of nitrogens with zero attached hydrogens (tertiary/aromatic N) is 2. The summed E-state index contributed by atoms with van der Waals surface area (Å²) in [5, 5.41) is 10.0. The SMILES string of the molecule is N#Cc1ccc(F)c(Cn2ccc3ccc(Br)cc32)c1. The summed E-state index contributed by atoms with van der Waals surface area (Å²) in [5.41, 5.74) is 2.02. The smallest absolute Gasteiger partial charge is 0.128 e. The maximum Gasteiger partial charge on any atom is 0.128 e. The van der Waals surface area contributed by atoms with Crippen LogP contribution in [0.25, 0.3) is 10.9 Å². The van der Waals surface area contributed by atoms with E-state index in [4.69, 9.17) is 5.26 Å². The van der Waals surface area contributed by atoms with E-state index in [-0.39, 0.29) is 5.82 Å². The van der Waals surface area contributed by atoms with E-state index in [2.05, 4.69) is 15.9 Å². The van der Waals surface area contributed by atoms with Gasteiger partial charge in [-0.25, -0.2) is 4.39 Å². The molecule has 0 spiro atoms. The number of rotatable bonds is 2. The van der Waals surface area contributed by atoms with Crippen LogP contribution < -0.4 is 0 Å². The van der Waals surface area contributed by atoms with E-state index in [1.54, 1.807) is 6.07 Å². The van der Waals surface area contributed by atoms with Crippen molar-refractivity contribution in [1.82, 2.24) is 4.57 Å². The molecule has 0 N–H and O–H groups in total. The Labute approximate surface area is 124 Å². The van der Waals surface area contributed by atoms with Gasteiger partial charge in [-0.3, -0.25) is 0 Å². The molecule has 0 saturated heterocycles. The predicted octanol–water partition coefficient (Wildman–Crippen LogP) is 4.46. The first kappa shape index (κ1) is 12.9. The molecule has 20 heavy (non-hydrogen) atoms. The summed E-state index contributed by atoms with van der Waals surface area (Å²) in [6.45, 7) is 0.404. The number of hydrogen-bond acceptors (Lipinski definition) is 1. The molecule has 2 nitrogen and oxygen atoms in total. The Morgan fingerprint density at radius 1 is 1.15 bits per heavy atom. The zero-order chi connectivity index (χ0) is 14.1. The highest BCUT2D eigenvalue weighted by molar-refractivity contribution is 9.10. The average molecular weight is 329 g/mol. The summed E-state index contributed by atoms with van der Waals surface area (Å²) >= 11 is 3.44. The van der Waals surface area contributed by atoms with Crippen molar-refractivity contribution in [2.24, 2.45) is 0 Å². The molecule has 0 atom stereocenters. The van der Waals surface area contributed by atoms with Gasteiger partial charge in [0.15, 0.2) is 0 Å². The van der Waals surface area contributed by atoms with Gasteiger partial charge in [0.1, 0.15) is 5.82 Å². The van der Waals surface area contributed by atoms with Crippen molar-refractivity contribution in [3.8, 4) is 6.07 Å². The number of fused-ring (bicyclic) bond motifs is 1. The van der Waals surface area contributed by atoms with Gasteiger partial charge in [0.2, 0.25) is 0 Å². The Balaban J connectivity index is 2.05. The Morgan fingerprint density at radius 2 is 2.00 bits per heavy atom. The molecule has 1 heterocycles. The minimum absolute atomic E-state index is 0.291. The largest absolute Gasteiger partial charge is 0.343 e. The molecule has 0 amide bonds. The predicted molar refractivity (Wildman–Crippen MR) is 79.9 cm³/mol. The first-order valence-electron chi connectivity index (χ1n) is 6.10. The van der Waals surface area contributed by atoms with Crippen molar-refractivity contribution in [3.63, 3.8) is 0 Å². The number of nitriles is 1. The quantitative estimate of drug-likeness (QED) is 0.682. The van der Waals surface area contributed by atoms with Gasteiger partial charge in [0.05, 0.1) is 18.2 Å². The molecular weight excluding hydrogens is 319 g/mol. The highest BCUT2D eigenvalue weighted by atomic mass is 79.9. The van der Waals surface area contributed by atoms with E-state index in [1.165, 1.54) is 12.1 Å². The molecule has 0 saturated carbocycles. The Kier molecular flexibility index (Phi) is 3.29. The summed E-state index contributed by atoms with van der Waals surface area (Å²) in [6, 6.07) is 14.4. The highest BCUT2D eigenvalue weighted by Crippen LogP contribution is 2.22. The second-order valence-corrected chi connectivity index (χ2v) is 5.48.